The predicted molar refractivity (Wildman–Crippen MR) is 136 cm³/mol. The van der Waals surface area contributed by atoms with E-state index in [1.807, 2.05) is 18.2 Å². The summed E-state index contributed by atoms with van der Waals surface area (Å²) in [6.07, 6.45) is 1.75. The van der Waals surface area contributed by atoms with Crippen molar-refractivity contribution < 1.29 is 19.1 Å². The first-order valence-corrected chi connectivity index (χ1v) is 12.0. The summed E-state index contributed by atoms with van der Waals surface area (Å²) in [6.45, 7) is 5.43. The van der Waals surface area contributed by atoms with Gasteiger partial charge in [-0.25, -0.2) is 0 Å². The molecule has 0 aliphatic carbocycles. The minimum absolute atomic E-state index is 0.386. The van der Waals surface area contributed by atoms with Crippen molar-refractivity contribution in [2.45, 2.75) is 26.7 Å². The molecule has 0 aliphatic rings. The van der Waals surface area contributed by atoms with Crippen LogP contribution in [-0.2, 0) is 6.42 Å². The third-order valence-electron chi connectivity index (χ3n) is 5.06. The molecule has 0 saturated carbocycles. The first kappa shape index (κ1) is 25.3. The van der Waals surface area contributed by atoms with Crippen molar-refractivity contribution in [2.24, 2.45) is 5.92 Å². The molecular weight excluding hydrogens is 496 g/mol. The van der Waals surface area contributed by atoms with Crippen LogP contribution in [-0.4, -0.2) is 25.0 Å². The molecule has 0 radical (unpaired) electrons. The maximum atomic E-state index is 12.5. The van der Waals surface area contributed by atoms with E-state index in [-0.39, 0.29) is 0 Å². The molecular formula is C27H29BrN2O4. The Balaban J connectivity index is 1.46. The fourth-order valence-electron chi connectivity index (χ4n) is 3.06. The maximum Gasteiger partial charge on any atom is 0.269 e. The van der Waals surface area contributed by atoms with Gasteiger partial charge < -0.3 is 9.47 Å². The van der Waals surface area contributed by atoms with E-state index >= 15 is 0 Å². The standard InChI is InChI=1S/C27H29BrN2O4/c1-19(2)14-16-33-23-11-8-21(9-12-23)26(31)29-30-27(32)22-10-13-25(24(28)18-22)34-17-15-20-6-4-3-5-7-20/h3-13,18-19H,14-17H2,1-2H3,(H,29,31)(H,30,32). The number of ether oxygens (including phenoxy) is 2. The van der Waals surface area contributed by atoms with Gasteiger partial charge in [-0.15, -0.1) is 0 Å². The van der Waals surface area contributed by atoms with Gasteiger partial charge in [-0.1, -0.05) is 44.2 Å². The smallest absolute Gasteiger partial charge is 0.269 e. The quantitative estimate of drug-likeness (QED) is 0.340. The molecule has 0 spiro atoms. The molecule has 0 heterocycles. The lowest BCUT2D eigenvalue weighted by Crippen LogP contribution is -2.41. The second kappa shape index (κ2) is 12.8. The molecule has 0 aromatic heterocycles. The highest BCUT2D eigenvalue weighted by Crippen LogP contribution is 2.26. The topological polar surface area (TPSA) is 76.7 Å². The van der Waals surface area contributed by atoms with Crippen molar-refractivity contribution in [1.82, 2.24) is 10.9 Å². The zero-order valence-corrected chi connectivity index (χ0v) is 20.9. The second-order valence-corrected chi connectivity index (χ2v) is 9.05. The SMILES string of the molecule is CC(C)CCOc1ccc(C(=O)NNC(=O)c2ccc(OCCc3ccccc3)c(Br)c2)cc1. The number of hydrazine groups is 1. The largest absolute Gasteiger partial charge is 0.494 e. The summed E-state index contributed by atoms with van der Waals surface area (Å²) in [6, 6.07) is 21.9. The summed E-state index contributed by atoms with van der Waals surface area (Å²) in [5.41, 5.74) is 6.87. The van der Waals surface area contributed by atoms with Gasteiger partial charge in [0.2, 0.25) is 0 Å². The third-order valence-corrected chi connectivity index (χ3v) is 5.67. The van der Waals surface area contributed by atoms with Crippen LogP contribution in [0.2, 0.25) is 0 Å². The maximum absolute atomic E-state index is 12.5. The summed E-state index contributed by atoms with van der Waals surface area (Å²) in [7, 11) is 0. The van der Waals surface area contributed by atoms with E-state index in [2.05, 4.69) is 52.8 Å². The van der Waals surface area contributed by atoms with Crippen molar-refractivity contribution in [3.8, 4) is 11.5 Å². The molecule has 0 fully saturated rings. The number of carbonyl (C=O) groups excluding carboxylic acids is 2. The molecule has 0 saturated heterocycles. The second-order valence-electron chi connectivity index (χ2n) is 8.19. The lowest BCUT2D eigenvalue weighted by Gasteiger charge is -2.11. The van der Waals surface area contributed by atoms with Crippen molar-refractivity contribution in [3.05, 3.63) is 94.0 Å². The normalized spacial score (nSPS) is 10.6. The van der Waals surface area contributed by atoms with Crippen molar-refractivity contribution in [3.63, 3.8) is 0 Å². The van der Waals surface area contributed by atoms with Crippen LogP contribution in [0.15, 0.2) is 77.3 Å². The number of halogens is 1. The molecule has 0 atom stereocenters. The first-order chi connectivity index (χ1) is 16.4. The highest BCUT2D eigenvalue weighted by Gasteiger charge is 2.12. The van der Waals surface area contributed by atoms with Gasteiger partial charge in [-0.3, -0.25) is 20.4 Å². The van der Waals surface area contributed by atoms with Crippen LogP contribution in [0.4, 0.5) is 0 Å². The van der Waals surface area contributed by atoms with Crippen LogP contribution in [0.5, 0.6) is 11.5 Å². The molecule has 34 heavy (non-hydrogen) atoms. The van der Waals surface area contributed by atoms with Crippen LogP contribution in [0, 0.1) is 5.92 Å². The summed E-state index contributed by atoms with van der Waals surface area (Å²) >= 11 is 3.45. The highest BCUT2D eigenvalue weighted by atomic mass is 79.9. The zero-order valence-electron chi connectivity index (χ0n) is 19.3. The van der Waals surface area contributed by atoms with Gasteiger partial charge in [0.15, 0.2) is 0 Å². The van der Waals surface area contributed by atoms with E-state index in [9.17, 15) is 9.59 Å². The molecule has 0 aliphatic heterocycles. The Hall–Kier alpha value is -3.32. The lowest BCUT2D eigenvalue weighted by atomic mass is 10.1. The van der Waals surface area contributed by atoms with Crippen molar-refractivity contribution in [2.75, 3.05) is 13.2 Å². The number of rotatable bonds is 10. The monoisotopic (exact) mass is 524 g/mol. The van der Waals surface area contributed by atoms with Crippen LogP contribution < -0.4 is 20.3 Å². The molecule has 6 nitrogen and oxygen atoms in total. The fourth-order valence-corrected chi connectivity index (χ4v) is 3.55. The van der Waals surface area contributed by atoms with Gasteiger partial charge in [-0.05, 0) is 76.3 Å². The number of benzene rings is 3. The molecule has 7 heteroatoms. The van der Waals surface area contributed by atoms with Crippen LogP contribution in [0.25, 0.3) is 0 Å². The van der Waals surface area contributed by atoms with Gasteiger partial charge in [0.1, 0.15) is 11.5 Å². The average molecular weight is 525 g/mol. The van der Waals surface area contributed by atoms with E-state index in [0.29, 0.717) is 46.2 Å². The Labute approximate surface area is 208 Å². The van der Waals surface area contributed by atoms with Crippen molar-refractivity contribution in [1.29, 1.82) is 0 Å². The molecule has 2 amide bonds. The number of hydrogen-bond donors (Lipinski definition) is 2. The van der Waals surface area contributed by atoms with E-state index < -0.39 is 11.8 Å². The predicted octanol–water partition coefficient (Wildman–Crippen LogP) is 5.57. The third kappa shape index (κ3) is 7.92. The van der Waals surface area contributed by atoms with Gasteiger partial charge in [0.05, 0.1) is 17.7 Å². The Morgan fingerprint density at radius 3 is 2.12 bits per heavy atom. The Kier molecular flexibility index (Phi) is 9.52. The van der Waals surface area contributed by atoms with E-state index in [1.54, 1.807) is 42.5 Å². The van der Waals surface area contributed by atoms with Gasteiger partial charge >= 0.3 is 0 Å². The van der Waals surface area contributed by atoms with Gasteiger partial charge in [0, 0.05) is 17.5 Å². The molecule has 3 aromatic rings. The molecule has 3 rings (SSSR count). The van der Waals surface area contributed by atoms with Gasteiger partial charge in [0.25, 0.3) is 11.8 Å². The first-order valence-electron chi connectivity index (χ1n) is 11.2. The lowest BCUT2D eigenvalue weighted by molar-refractivity contribution is 0.0846. The van der Waals surface area contributed by atoms with E-state index in [1.165, 1.54) is 5.56 Å². The number of carbonyl (C=O) groups is 2. The average Bonchev–Trinajstić information content (AvgIpc) is 2.84. The van der Waals surface area contributed by atoms with Crippen LogP contribution in [0.1, 0.15) is 46.5 Å². The molecule has 2 N–H and O–H groups in total. The molecule has 178 valence electrons. The number of amides is 2. The number of nitrogens with one attached hydrogen (secondary N) is 2. The minimum atomic E-state index is -0.432. The zero-order chi connectivity index (χ0) is 24.3. The highest BCUT2D eigenvalue weighted by molar-refractivity contribution is 9.10. The molecule has 0 bridgehead atoms. The Bertz CT molecular complexity index is 1090. The fraction of sp³-hybridized carbons (Fsp3) is 0.259. The van der Waals surface area contributed by atoms with Crippen LogP contribution >= 0.6 is 15.9 Å². The summed E-state index contributed by atoms with van der Waals surface area (Å²) in [5.74, 6) is 1.07. The number of hydrogen-bond acceptors (Lipinski definition) is 4. The van der Waals surface area contributed by atoms with Gasteiger partial charge in [-0.2, -0.15) is 0 Å². The van der Waals surface area contributed by atoms with Crippen molar-refractivity contribution >= 4 is 27.7 Å². The molecule has 0 unspecified atom stereocenters. The summed E-state index contributed by atoms with van der Waals surface area (Å²) in [4.78, 5) is 24.8. The minimum Gasteiger partial charge on any atom is -0.494 e. The summed E-state index contributed by atoms with van der Waals surface area (Å²) < 4.78 is 12.1. The van der Waals surface area contributed by atoms with E-state index in [0.717, 1.165) is 12.8 Å². The molecule has 3 aromatic carbocycles. The Morgan fingerprint density at radius 2 is 1.47 bits per heavy atom. The summed E-state index contributed by atoms with van der Waals surface area (Å²) in [5, 5.41) is 0. The van der Waals surface area contributed by atoms with Crippen LogP contribution in [0.3, 0.4) is 0 Å². The Morgan fingerprint density at radius 1 is 0.824 bits per heavy atom. The van der Waals surface area contributed by atoms with E-state index in [4.69, 9.17) is 9.47 Å².